The summed E-state index contributed by atoms with van der Waals surface area (Å²) in [5.41, 5.74) is 3.23. The fourth-order valence-electron chi connectivity index (χ4n) is 3.88. The van der Waals surface area contributed by atoms with Gasteiger partial charge in [-0.1, -0.05) is 24.3 Å². The lowest BCUT2D eigenvalue weighted by Crippen LogP contribution is -2.42. The molecule has 3 aromatic rings. The van der Waals surface area contributed by atoms with Gasteiger partial charge in [-0.3, -0.25) is 4.90 Å². The molecule has 186 valence electrons. The van der Waals surface area contributed by atoms with Gasteiger partial charge in [-0.2, -0.15) is 20.2 Å². The molecule has 1 aliphatic rings. The molecular formula is C25H28N8O3. The number of hydrogen-bond acceptors (Lipinski definition) is 10. The Hall–Kier alpha value is -4.27. The number of aromatic nitrogens is 3. The summed E-state index contributed by atoms with van der Waals surface area (Å²) in [7, 11) is 1.43. The number of methoxy groups -OCH3 is 1. The highest BCUT2D eigenvalue weighted by molar-refractivity contribution is 5.77. The topological polar surface area (TPSA) is 148 Å². The molecule has 4 rings (SSSR count). The monoisotopic (exact) mass is 488 g/mol. The van der Waals surface area contributed by atoms with Gasteiger partial charge in [-0.25, -0.2) is 4.79 Å². The van der Waals surface area contributed by atoms with Gasteiger partial charge in [-0.05, 0) is 35.4 Å². The van der Waals surface area contributed by atoms with Gasteiger partial charge in [-0.15, -0.1) is 0 Å². The molecule has 0 aliphatic carbocycles. The van der Waals surface area contributed by atoms with Crippen molar-refractivity contribution >= 4 is 23.6 Å². The van der Waals surface area contributed by atoms with Crippen LogP contribution in [0.2, 0.25) is 0 Å². The first-order chi connectivity index (χ1) is 17.5. The van der Waals surface area contributed by atoms with Crippen LogP contribution < -0.4 is 20.7 Å². The lowest BCUT2D eigenvalue weighted by molar-refractivity contribution is -0.137. The number of anilines is 3. The molecule has 11 nitrogen and oxygen atoms in total. The smallest absolute Gasteiger partial charge is 0.326 e. The number of carboxylic acid groups (broad SMARTS) is 1. The average molecular weight is 489 g/mol. The van der Waals surface area contributed by atoms with Crippen LogP contribution in [-0.2, 0) is 17.8 Å². The van der Waals surface area contributed by atoms with E-state index in [1.165, 1.54) is 7.11 Å². The summed E-state index contributed by atoms with van der Waals surface area (Å²) < 4.78 is 5.21. The summed E-state index contributed by atoms with van der Waals surface area (Å²) in [6.45, 7) is 4.83. The highest BCUT2D eigenvalue weighted by atomic mass is 16.5. The van der Waals surface area contributed by atoms with Gasteiger partial charge in [0, 0.05) is 44.8 Å². The maximum atomic E-state index is 11.9. The van der Waals surface area contributed by atoms with E-state index in [4.69, 9.17) is 10.00 Å². The van der Waals surface area contributed by atoms with Crippen LogP contribution in [0.25, 0.3) is 0 Å². The molecule has 36 heavy (non-hydrogen) atoms. The van der Waals surface area contributed by atoms with Crippen molar-refractivity contribution in [1.29, 1.82) is 5.26 Å². The molecule has 1 fully saturated rings. The second kappa shape index (κ2) is 11.9. The van der Waals surface area contributed by atoms with Crippen LogP contribution in [0, 0.1) is 11.3 Å². The van der Waals surface area contributed by atoms with Gasteiger partial charge < -0.3 is 25.8 Å². The second-order valence-corrected chi connectivity index (χ2v) is 8.37. The fraction of sp³-hybridized carbons (Fsp3) is 0.320. The van der Waals surface area contributed by atoms with Crippen LogP contribution in [0.4, 0.5) is 17.6 Å². The number of nitriles is 1. The Balaban J connectivity index is 1.48. The third-order valence-corrected chi connectivity index (χ3v) is 5.72. The molecule has 0 radical (unpaired) electrons. The molecule has 1 saturated heterocycles. The van der Waals surface area contributed by atoms with Crippen LogP contribution in [0.1, 0.15) is 16.7 Å². The van der Waals surface area contributed by atoms with Gasteiger partial charge in [0.1, 0.15) is 6.04 Å². The van der Waals surface area contributed by atoms with Gasteiger partial charge in [0.05, 0.1) is 18.7 Å². The molecule has 0 spiro atoms. The third kappa shape index (κ3) is 6.88. The van der Waals surface area contributed by atoms with E-state index in [2.05, 4.69) is 41.9 Å². The Morgan fingerprint density at radius 1 is 1.14 bits per heavy atom. The number of ether oxygens (including phenoxy) is 1. The van der Waals surface area contributed by atoms with E-state index in [1.807, 2.05) is 24.3 Å². The fourth-order valence-corrected chi connectivity index (χ4v) is 3.88. The Morgan fingerprint density at radius 2 is 1.89 bits per heavy atom. The van der Waals surface area contributed by atoms with E-state index < -0.39 is 12.0 Å². The number of carboxylic acids is 1. The van der Waals surface area contributed by atoms with Crippen molar-refractivity contribution in [2.75, 3.05) is 43.9 Å². The molecule has 4 N–H and O–H groups in total. The number of carbonyl (C=O) groups is 1. The van der Waals surface area contributed by atoms with Crippen molar-refractivity contribution < 1.29 is 14.6 Å². The van der Waals surface area contributed by atoms with Crippen LogP contribution in [0.3, 0.4) is 0 Å². The molecule has 1 atom stereocenters. The lowest BCUT2D eigenvalue weighted by Gasteiger charge is -2.27. The zero-order chi connectivity index (χ0) is 25.3. The predicted octanol–water partition coefficient (Wildman–Crippen LogP) is 2.01. The van der Waals surface area contributed by atoms with Gasteiger partial charge in [0.15, 0.2) is 0 Å². The molecule has 2 aromatic carbocycles. The standard InChI is InChI=1S/C25H28N8O3/c1-36-25-31-23(28-20-4-2-3-19(13-20)16-33-11-9-27-10-12-33)30-24(32-25)29-21(22(34)35)14-17-5-7-18(15-26)8-6-17/h2-8,13,21,27H,9-12,14,16H2,1H3,(H,34,35)(H2,28,29,30,31,32). The predicted molar refractivity (Wildman–Crippen MR) is 134 cm³/mol. The summed E-state index contributed by atoms with van der Waals surface area (Å²) in [5.74, 6) is -0.762. The zero-order valence-electron chi connectivity index (χ0n) is 19.9. The summed E-state index contributed by atoms with van der Waals surface area (Å²) >= 11 is 0. The minimum atomic E-state index is -1.06. The molecule has 0 amide bonds. The van der Waals surface area contributed by atoms with E-state index in [0.29, 0.717) is 5.56 Å². The molecule has 0 bridgehead atoms. The van der Waals surface area contributed by atoms with Crippen molar-refractivity contribution in [1.82, 2.24) is 25.2 Å². The first-order valence-electron chi connectivity index (χ1n) is 11.6. The van der Waals surface area contributed by atoms with Gasteiger partial charge in [0.25, 0.3) is 0 Å². The zero-order valence-corrected chi connectivity index (χ0v) is 19.9. The summed E-state index contributed by atoms with van der Waals surface area (Å²) in [4.78, 5) is 27.1. The Morgan fingerprint density at radius 3 is 2.58 bits per heavy atom. The highest BCUT2D eigenvalue weighted by Crippen LogP contribution is 2.20. The molecule has 1 aliphatic heterocycles. The summed E-state index contributed by atoms with van der Waals surface area (Å²) in [6, 6.07) is 15.9. The number of nitrogens with zero attached hydrogens (tertiary/aromatic N) is 5. The van der Waals surface area contributed by atoms with E-state index in [9.17, 15) is 9.90 Å². The number of hydrogen-bond donors (Lipinski definition) is 4. The van der Waals surface area contributed by atoms with E-state index in [0.717, 1.165) is 49.5 Å². The maximum Gasteiger partial charge on any atom is 0.326 e. The number of benzene rings is 2. The van der Waals surface area contributed by atoms with Gasteiger partial charge in [0.2, 0.25) is 11.9 Å². The Bertz CT molecular complexity index is 1220. The van der Waals surface area contributed by atoms with Crippen molar-refractivity contribution in [3.63, 3.8) is 0 Å². The van der Waals surface area contributed by atoms with Crippen LogP contribution in [0.5, 0.6) is 6.01 Å². The SMILES string of the molecule is COc1nc(Nc2cccc(CN3CCNCC3)c2)nc(NC(Cc2ccc(C#N)cc2)C(=O)O)n1. The summed E-state index contributed by atoms with van der Waals surface area (Å²) in [6.07, 6.45) is 0.172. The number of nitrogens with one attached hydrogen (secondary N) is 3. The number of rotatable bonds is 10. The van der Waals surface area contributed by atoms with Crippen LogP contribution in [0.15, 0.2) is 48.5 Å². The molecule has 0 saturated carbocycles. The number of piperazine rings is 1. The van der Waals surface area contributed by atoms with Crippen molar-refractivity contribution in [3.8, 4) is 12.1 Å². The largest absolute Gasteiger partial charge is 0.480 e. The Kier molecular flexibility index (Phi) is 8.23. The van der Waals surface area contributed by atoms with Crippen LogP contribution >= 0.6 is 0 Å². The van der Waals surface area contributed by atoms with E-state index in [-0.39, 0.29) is 24.3 Å². The van der Waals surface area contributed by atoms with Gasteiger partial charge >= 0.3 is 12.0 Å². The molecule has 1 aromatic heterocycles. The van der Waals surface area contributed by atoms with Crippen LogP contribution in [-0.4, -0.2) is 70.3 Å². The molecule has 2 heterocycles. The first kappa shape index (κ1) is 24.8. The normalized spacial score (nSPS) is 14.4. The molecule has 11 heteroatoms. The van der Waals surface area contributed by atoms with Crippen molar-refractivity contribution in [2.45, 2.75) is 19.0 Å². The lowest BCUT2D eigenvalue weighted by atomic mass is 10.0. The number of aliphatic carboxylic acids is 1. The van der Waals surface area contributed by atoms with Crippen molar-refractivity contribution in [3.05, 3.63) is 65.2 Å². The first-order valence-corrected chi connectivity index (χ1v) is 11.6. The second-order valence-electron chi connectivity index (χ2n) is 8.37. The highest BCUT2D eigenvalue weighted by Gasteiger charge is 2.20. The van der Waals surface area contributed by atoms with Crippen molar-refractivity contribution in [2.24, 2.45) is 0 Å². The maximum absolute atomic E-state index is 11.9. The van der Waals surface area contributed by atoms with E-state index >= 15 is 0 Å². The summed E-state index contributed by atoms with van der Waals surface area (Å²) in [5, 5.41) is 28.1. The Labute approximate surface area is 209 Å². The third-order valence-electron chi connectivity index (χ3n) is 5.72. The minimum absolute atomic E-state index is 0.0504. The molecular weight excluding hydrogens is 460 g/mol. The minimum Gasteiger partial charge on any atom is -0.480 e. The average Bonchev–Trinajstić information content (AvgIpc) is 2.89. The molecule has 1 unspecified atom stereocenters. The quantitative estimate of drug-likeness (QED) is 0.332. The van der Waals surface area contributed by atoms with E-state index in [1.54, 1.807) is 24.3 Å².